The normalized spacial score (nSPS) is 14.8. The number of rotatable bonds is 2. The second-order valence-electron chi connectivity index (χ2n) is 4.28. The van der Waals surface area contributed by atoms with Crippen molar-refractivity contribution in [2.75, 3.05) is 37.7 Å². The van der Waals surface area contributed by atoms with E-state index in [0.717, 1.165) is 0 Å². The van der Waals surface area contributed by atoms with Crippen LogP contribution in [-0.4, -0.2) is 48.8 Å². The molecule has 0 atom stereocenters. The van der Waals surface area contributed by atoms with Gasteiger partial charge in [-0.25, -0.2) is 9.78 Å². The number of carbonyl (C=O) groups excluding carboxylic acids is 1. The molecule has 1 aromatic heterocycles. The summed E-state index contributed by atoms with van der Waals surface area (Å²) in [6, 6.07) is 5.41. The maximum Gasteiger partial charge on any atom is 0.409 e. The standard InChI is InChI=1S/C13H15ClN4O2/c1-2-20-13(19)18-7-5-17(6-8-18)12-4-3-10(14)11(9-15)16-12/h3-4H,2,5-8H2,1H3. The largest absolute Gasteiger partial charge is 0.450 e. The van der Waals surface area contributed by atoms with Crippen molar-refractivity contribution in [3.63, 3.8) is 0 Å². The number of hydrogen-bond donors (Lipinski definition) is 0. The molecule has 0 aliphatic carbocycles. The molecule has 0 N–H and O–H groups in total. The Labute approximate surface area is 122 Å². The zero-order valence-corrected chi connectivity index (χ0v) is 11.9. The van der Waals surface area contributed by atoms with E-state index >= 15 is 0 Å². The number of halogens is 1. The molecule has 7 heteroatoms. The van der Waals surface area contributed by atoms with E-state index in [4.69, 9.17) is 21.6 Å². The van der Waals surface area contributed by atoms with Crippen LogP contribution in [0.25, 0.3) is 0 Å². The molecule has 0 bridgehead atoms. The van der Waals surface area contributed by atoms with Crippen LogP contribution in [0.15, 0.2) is 12.1 Å². The van der Waals surface area contributed by atoms with E-state index in [1.54, 1.807) is 24.0 Å². The van der Waals surface area contributed by atoms with E-state index in [1.165, 1.54) is 0 Å². The molecule has 20 heavy (non-hydrogen) atoms. The smallest absolute Gasteiger partial charge is 0.409 e. The summed E-state index contributed by atoms with van der Waals surface area (Å²) in [5, 5.41) is 9.28. The number of nitrogens with zero attached hydrogens (tertiary/aromatic N) is 4. The molecule has 0 aromatic carbocycles. The van der Waals surface area contributed by atoms with Crippen molar-refractivity contribution in [1.82, 2.24) is 9.88 Å². The van der Waals surface area contributed by atoms with Gasteiger partial charge in [0.05, 0.1) is 11.6 Å². The third-order valence-electron chi connectivity index (χ3n) is 3.07. The van der Waals surface area contributed by atoms with Gasteiger partial charge in [-0.05, 0) is 19.1 Å². The fourth-order valence-electron chi connectivity index (χ4n) is 2.02. The highest BCUT2D eigenvalue weighted by Crippen LogP contribution is 2.20. The molecule has 6 nitrogen and oxygen atoms in total. The van der Waals surface area contributed by atoms with Gasteiger partial charge in [0.25, 0.3) is 0 Å². The molecule has 106 valence electrons. The third kappa shape index (κ3) is 3.11. The Morgan fingerprint density at radius 3 is 2.75 bits per heavy atom. The second kappa shape index (κ2) is 6.44. The van der Waals surface area contributed by atoms with Crippen molar-refractivity contribution in [1.29, 1.82) is 5.26 Å². The Hall–Kier alpha value is -2.00. The predicted octanol–water partition coefficient (Wildman–Crippen LogP) is 1.89. The van der Waals surface area contributed by atoms with Gasteiger partial charge in [0.1, 0.15) is 11.9 Å². The van der Waals surface area contributed by atoms with E-state index in [9.17, 15) is 4.79 Å². The van der Waals surface area contributed by atoms with Gasteiger partial charge in [0.15, 0.2) is 5.69 Å². The van der Waals surface area contributed by atoms with Gasteiger partial charge in [-0.3, -0.25) is 0 Å². The van der Waals surface area contributed by atoms with E-state index < -0.39 is 0 Å². The van der Waals surface area contributed by atoms with Gasteiger partial charge in [0.2, 0.25) is 0 Å². The molecule has 1 saturated heterocycles. The number of piperazine rings is 1. The molecule has 0 spiro atoms. The summed E-state index contributed by atoms with van der Waals surface area (Å²) in [5.41, 5.74) is 0.219. The van der Waals surface area contributed by atoms with Crippen LogP contribution in [0.3, 0.4) is 0 Å². The van der Waals surface area contributed by atoms with E-state index in [0.29, 0.717) is 43.6 Å². The molecular weight excluding hydrogens is 280 g/mol. The Morgan fingerprint density at radius 1 is 1.45 bits per heavy atom. The topological polar surface area (TPSA) is 69.5 Å². The Balaban J connectivity index is 2.01. The maximum absolute atomic E-state index is 11.6. The van der Waals surface area contributed by atoms with E-state index in [-0.39, 0.29) is 11.8 Å². The summed E-state index contributed by atoms with van der Waals surface area (Å²) in [6.45, 7) is 4.62. The second-order valence-corrected chi connectivity index (χ2v) is 4.69. The summed E-state index contributed by atoms with van der Waals surface area (Å²) in [5.74, 6) is 0.703. The highest BCUT2D eigenvalue weighted by Gasteiger charge is 2.22. The first kappa shape index (κ1) is 14.4. The predicted molar refractivity (Wildman–Crippen MR) is 74.8 cm³/mol. The molecule has 0 unspecified atom stereocenters. The third-order valence-corrected chi connectivity index (χ3v) is 3.37. The number of pyridine rings is 1. The van der Waals surface area contributed by atoms with Crippen LogP contribution in [0.2, 0.25) is 5.02 Å². The minimum atomic E-state index is -0.283. The molecule has 0 radical (unpaired) electrons. The monoisotopic (exact) mass is 294 g/mol. The van der Waals surface area contributed by atoms with Crippen molar-refractivity contribution in [2.45, 2.75) is 6.92 Å². The summed E-state index contributed by atoms with van der Waals surface area (Å²) >= 11 is 5.86. The minimum absolute atomic E-state index is 0.219. The maximum atomic E-state index is 11.6. The van der Waals surface area contributed by atoms with Gasteiger partial charge in [-0.2, -0.15) is 5.26 Å². The number of anilines is 1. The lowest BCUT2D eigenvalue weighted by molar-refractivity contribution is 0.105. The first-order valence-electron chi connectivity index (χ1n) is 6.39. The van der Waals surface area contributed by atoms with Gasteiger partial charge >= 0.3 is 6.09 Å². The fourth-order valence-corrected chi connectivity index (χ4v) is 2.17. The minimum Gasteiger partial charge on any atom is -0.450 e. The molecule has 1 aromatic rings. The lowest BCUT2D eigenvalue weighted by atomic mass is 10.3. The van der Waals surface area contributed by atoms with Gasteiger partial charge in [-0.15, -0.1) is 0 Å². The van der Waals surface area contributed by atoms with Crippen LogP contribution in [0.4, 0.5) is 10.6 Å². The zero-order chi connectivity index (χ0) is 14.5. The summed E-state index contributed by atoms with van der Waals surface area (Å²) in [4.78, 5) is 19.5. The average Bonchev–Trinajstić information content (AvgIpc) is 2.48. The molecule has 1 aliphatic rings. The average molecular weight is 295 g/mol. The number of ether oxygens (including phenoxy) is 1. The Morgan fingerprint density at radius 2 is 2.15 bits per heavy atom. The zero-order valence-electron chi connectivity index (χ0n) is 11.2. The Kier molecular flexibility index (Phi) is 4.64. The molecule has 2 rings (SSSR count). The summed E-state index contributed by atoms with van der Waals surface area (Å²) in [6.07, 6.45) is -0.283. The van der Waals surface area contributed by atoms with E-state index in [1.807, 2.05) is 11.0 Å². The Bertz CT molecular complexity index is 536. The van der Waals surface area contributed by atoms with Crippen LogP contribution in [0.5, 0.6) is 0 Å². The lowest BCUT2D eigenvalue weighted by Gasteiger charge is -2.34. The van der Waals surface area contributed by atoms with Gasteiger partial charge in [-0.1, -0.05) is 11.6 Å². The molecule has 2 heterocycles. The molecule has 1 aliphatic heterocycles. The van der Waals surface area contributed by atoms with Crippen LogP contribution in [0.1, 0.15) is 12.6 Å². The van der Waals surface area contributed by atoms with Crippen LogP contribution in [0, 0.1) is 11.3 Å². The highest BCUT2D eigenvalue weighted by atomic mass is 35.5. The van der Waals surface area contributed by atoms with Crippen molar-refractivity contribution < 1.29 is 9.53 Å². The highest BCUT2D eigenvalue weighted by molar-refractivity contribution is 6.31. The first-order valence-corrected chi connectivity index (χ1v) is 6.76. The summed E-state index contributed by atoms with van der Waals surface area (Å²) in [7, 11) is 0. The molecule has 0 saturated carbocycles. The van der Waals surface area contributed by atoms with Crippen molar-refractivity contribution in [2.24, 2.45) is 0 Å². The molecular formula is C13H15ClN4O2. The number of amides is 1. The van der Waals surface area contributed by atoms with Gasteiger partial charge in [0, 0.05) is 26.2 Å². The first-order chi connectivity index (χ1) is 9.65. The van der Waals surface area contributed by atoms with Crippen molar-refractivity contribution in [3.8, 4) is 6.07 Å². The van der Waals surface area contributed by atoms with Crippen molar-refractivity contribution >= 4 is 23.5 Å². The number of aromatic nitrogens is 1. The van der Waals surface area contributed by atoms with Crippen LogP contribution in [-0.2, 0) is 4.74 Å². The number of nitriles is 1. The fraction of sp³-hybridized carbons (Fsp3) is 0.462. The number of hydrogen-bond acceptors (Lipinski definition) is 5. The van der Waals surface area contributed by atoms with Crippen LogP contribution >= 0.6 is 11.6 Å². The van der Waals surface area contributed by atoms with Crippen molar-refractivity contribution in [3.05, 3.63) is 22.8 Å². The summed E-state index contributed by atoms with van der Waals surface area (Å²) < 4.78 is 4.97. The van der Waals surface area contributed by atoms with Gasteiger partial charge < -0.3 is 14.5 Å². The quantitative estimate of drug-likeness (QED) is 0.833. The van der Waals surface area contributed by atoms with Crippen LogP contribution < -0.4 is 4.90 Å². The lowest BCUT2D eigenvalue weighted by Crippen LogP contribution is -2.49. The molecule has 1 amide bonds. The number of carbonyl (C=O) groups is 1. The van der Waals surface area contributed by atoms with E-state index in [2.05, 4.69) is 4.98 Å². The SMILES string of the molecule is CCOC(=O)N1CCN(c2ccc(Cl)c(C#N)n2)CC1. The molecule has 1 fully saturated rings.